The molecule has 104 valence electrons. The predicted octanol–water partition coefficient (Wildman–Crippen LogP) is 3.87. The summed E-state index contributed by atoms with van der Waals surface area (Å²) in [6.45, 7) is 1.48. The number of aromatic hydroxyl groups is 1. The fraction of sp³-hybridized carbons (Fsp3) is 0.294. The molecule has 0 bridgehead atoms. The lowest BCUT2D eigenvalue weighted by atomic mass is 10.1. The number of nitrogens with zero attached hydrogens (tertiary/aromatic N) is 1. The molecule has 1 heterocycles. The SMILES string of the molecule is Oc1ccc(F)cc1CN1CCCCc2ccccc21. The normalized spacial score (nSPS) is 14.8. The van der Waals surface area contributed by atoms with Gasteiger partial charge >= 0.3 is 0 Å². The molecular formula is C17H18FNO. The number of halogens is 1. The molecule has 3 heteroatoms. The predicted molar refractivity (Wildman–Crippen MR) is 78.5 cm³/mol. The van der Waals surface area contributed by atoms with Crippen LogP contribution in [-0.4, -0.2) is 11.7 Å². The summed E-state index contributed by atoms with van der Waals surface area (Å²) >= 11 is 0. The Morgan fingerprint density at radius 1 is 1.10 bits per heavy atom. The van der Waals surface area contributed by atoms with Crippen LogP contribution in [-0.2, 0) is 13.0 Å². The van der Waals surface area contributed by atoms with E-state index < -0.39 is 0 Å². The molecule has 3 rings (SSSR count). The zero-order valence-electron chi connectivity index (χ0n) is 11.3. The van der Waals surface area contributed by atoms with Crippen LogP contribution in [0.25, 0.3) is 0 Å². The second kappa shape index (κ2) is 5.53. The van der Waals surface area contributed by atoms with Gasteiger partial charge in [-0.15, -0.1) is 0 Å². The van der Waals surface area contributed by atoms with Crippen LogP contribution in [0, 0.1) is 5.82 Å². The van der Waals surface area contributed by atoms with Gasteiger partial charge in [0, 0.05) is 24.3 Å². The Balaban J connectivity index is 1.92. The third kappa shape index (κ3) is 2.62. The van der Waals surface area contributed by atoms with Gasteiger partial charge in [-0.05, 0) is 49.1 Å². The van der Waals surface area contributed by atoms with Gasteiger partial charge in [-0.25, -0.2) is 4.39 Å². The largest absolute Gasteiger partial charge is 0.508 e. The number of benzene rings is 2. The van der Waals surface area contributed by atoms with E-state index in [-0.39, 0.29) is 11.6 Å². The van der Waals surface area contributed by atoms with Gasteiger partial charge in [0.25, 0.3) is 0 Å². The van der Waals surface area contributed by atoms with Crippen molar-refractivity contribution in [1.29, 1.82) is 0 Å². The Kier molecular flexibility index (Phi) is 3.59. The minimum atomic E-state index is -0.305. The van der Waals surface area contributed by atoms with Crippen LogP contribution >= 0.6 is 0 Å². The van der Waals surface area contributed by atoms with Crippen LogP contribution in [0.3, 0.4) is 0 Å². The summed E-state index contributed by atoms with van der Waals surface area (Å²) < 4.78 is 13.3. The van der Waals surface area contributed by atoms with Crippen LogP contribution in [0.4, 0.5) is 10.1 Å². The lowest BCUT2D eigenvalue weighted by Gasteiger charge is -2.25. The number of hydrogen-bond donors (Lipinski definition) is 1. The average molecular weight is 271 g/mol. The highest BCUT2D eigenvalue weighted by Gasteiger charge is 2.16. The van der Waals surface area contributed by atoms with Gasteiger partial charge < -0.3 is 10.0 Å². The molecule has 20 heavy (non-hydrogen) atoms. The summed E-state index contributed by atoms with van der Waals surface area (Å²) in [5, 5.41) is 9.89. The maximum absolute atomic E-state index is 13.3. The average Bonchev–Trinajstić information content (AvgIpc) is 2.66. The summed E-state index contributed by atoms with van der Waals surface area (Å²) in [7, 11) is 0. The topological polar surface area (TPSA) is 23.5 Å². The Morgan fingerprint density at radius 2 is 1.95 bits per heavy atom. The number of phenols is 1. The number of fused-ring (bicyclic) bond motifs is 1. The first-order valence-corrected chi connectivity index (χ1v) is 7.04. The number of rotatable bonds is 2. The molecule has 0 amide bonds. The molecule has 0 atom stereocenters. The standard InChI is InChI=1S/C17H18FNO/c18-15-8-9-17(20)14(11-15)12-19-10-4-3-6-13-5-1-2-7-16(13)19/h1-2,5,7-9,11,20H,3-4,6,10,12H2. The van der Waals surface area contributed by atoms with Gasteiger partial charge in [0.1, 0.15) is 11.6 Å². The van der Waals surface area contributed by atoms with E-state index in [0.29, 0.717) is 12.1 Å². The Morgan fingerprint density at radius 3 is 2.85 bits per heavy atom. The fourth-order valence-electron chi connectivity index (χ4n) is 2.82. The summed E-state index contributed by atoms with van der Waals surface area (Å²) in [6.07, 6.45) is 3.37. The fourth-order valence-corrected chi connectivity index (χ4v) is 2.82. The molecule has 2 aromatic rings. The highest BCUT2D eigenvalue weighted by Crippen LogP contribution is 2.29. The molecule has 0 fully saturated rings. The van der Waals surface area contributed by atoms with E-state index in [1.54, 1.807) is 0 Å². The van der Waals surface area contributed by atoms with Gasteiger partial charge in [0.15, 0.2) is 0 Å². The number of phenolic OH excluding ortho intramolecular Hbond substituents is 1. The molecule has 1 N–H and O–H groups in total. The van der Waals surface area contributed by atoms with Crippen molar-refractivity contribution in [3.63, 3.8) is 0 Å². The summed E-state index contributed by atoms with van der Waals surface area (Å²) in [5.74, 6) is -0.144. The zero-order valence-corrected chi connectivity index (χ0v) is 11.3. The maximum Gasteiger partial charge on any atom is 0.123 e. The molecule has 0 saturated heterocycles. The quantitative estimate of drug-likeness (QED) is 0.896. The summed E-state index contributed by atoms with van der Waals surface area (Å²) in [5.41, 5.74) is 3.18. The van der Waals surface area contributed by atoms with Crippen molar-refractivity contribution in [2.24, 2.45) is 0 Å². The molecule has 1 aliphatic heterocycles. The monoisotopic (exact) mass is 271 g/mol. The van der Waals surface area contributed by atoms with E-state index in [9.17, 15) is 9.50 Å². The first kappa shape index (κ1) is 13.0. The highest BCUT2D eigenvalue weighted by atomic mass is 19.1. The zero-order chi connectivity index (χ0) is 13.9. The van der Waals surface area contributed by atoms with Crippen molar-refractivity contribution in [1.82, 2.24) is 0 Å². The van der Waals surface area contributed by atoms with Gasteiger partial charge in [0.2, 0.25) is 0 Å². The van der Waals surface area contributed by atoms with Crippen LogP contribution < -0.4 is 4.90 Å². The molecule has 0 spiro atoms. The minimum absolute atomic E-state index is 0.160. The molecule has 2 nitrogen and oxygen atoms in total. The van der Waals surface area contributed by atoms with Crippen LogP contribution in [0.1, 0.15) is 24.0 Å². The van der Waals surface area contributed by atoms with Crippen molar-refractivity contribution in [3.05, 3.63) is 59.4 Å². The molecule has 0 aliphatic carbocycles. The van der Waals surface area contributed by atoms with Crippen molar-refractivity contribution >= 4 is 5.69 Å². The summed E-state index contributed by atoms with van der Waals surface area (Å²) in [4.78, 5) is 2.23. The van der Waals surface area contributed by atoms with Crippen molar-refractivity contribution in [3.8, 4) is 5.75 Å². The van der Waals surface area contributed by atoms with Crippen LogP contribution in [0.15, 0.2) is 42.5 Å². The van der Waals surface area contributed by atoms with Crippen molar-refractivity contribution in [2.75, 3.05) is 11.4 Å². The van der Waals surface area contributed by atoms with Gasteiger partial charge in [-0.1, -0.05) is 18.2 Å². The third-order valence-electron chi connectivity index (χ3n) is 3.86. The lowest BCUT2D eigenvalue weighted by molar-refractivity contribution is 0.464. The second-order valence-electron chi connectivity index (χ2n) is 5.28. The minimum Gasteiger partial charge on any atom is -0.508 e. The molecule has 0 unspecified atom stereocenters. The van der Waals surface area contributed by atoms with Crippen LogP contribution in [0.2, 0.25) is 0 Å². The molecular weight excluding hydrogens is 253 g/mol. The number of anilines is 1. The van der Waals surface area contributed by atoms with E-state index in [4.69, 9.17) is 0 Å². The molecule has 0 saturated carbocycles. The molecule has 1 aliphatic rings. The first-order chi connectivity index (χ1) is 9.74. The van der Waals surface area contributed by atoms with E-state index in [1.165, 1.54) is 35.9 Å². The Labute approximate surface area is 118 Å². The van der Waals surface area contributed by atoms with E-state index in [1.807, 2.05) is 6.07 Å². The Hall–Kier alpha value is -2.03. The van der Waals surface area contributed by atoms with Gasteiger partial charge in [0.05, 0.1) is 0 Å². The van der Waals surface area contributed by atoms with E-state index in [2.05, 4.69) is 23.1 Å². The van der Waals surface area contributed by atoms with Crippen LogP contribution in [0.5, 0.6) is 5.75 Å². The van der Waals surface area contributed by atoms with Gasteiger partial charge in [-0.2, -0.15) is 0 Å². The molecule has 0 aromatic heterocycles. The third-order valence-corrected chi connectivity index (χ3v) is 3.86. The van der Waals surface area contributed by atoms with Gasteiger partial charge in [-0.3, -0.25) is 0 Å². The Bertz CT molecular complexity index is 612. The maximum atomic E-state index is 13.3. The summed E-state index contributed by atoms with van der Waals surface area (Å²) in [6, 6.07) is 12.5. The van der Waals surface area contributed by atoms with E-state index >= 15 is 0 Å². The van der Waals surface area contributed by atoms with Crippen molar-refractivity contribution < 1.29 is 9.50 Å². The molecule has 2 aromatic carbocycles. The second-order valence-corrected chi connectivity index (χ2v) is 5.28. The number of hydrogen-bond acceptors (Lipinski definition) is 2. The number of para-hydroxylation sites is 1. The number of aryl methyl sites for hydroxylation is 1. The highest BCUT2D eigenvalue weighted by molar-refractivity contribution is 5.55. The smallest absolute Gasteiger partial charge is 0.123 e. The van der Waals surface area contributed by atoms with Crippen molar-refractivity contribution in [2.45, 2.75) is 25.8 Å². The van der Waals surface area contributed by atoms with E-state index in [0.717, 1.165) is 19.4 Å². The first-order valence-electron chi connectivity index (χ1n) is 7.04. The lowest BCUT2D eigenvalue weighted by Crippen LogP contribution is -2.23. The molecule has 0 radical (unpaired) electrons.